The van der Waals surface area contributed by atoms with E-state index in [-0.39, 0.29) is 5.54 Å². The lowest BCUT2D eigenvalue weighted by atomic mass is 9.63. The first kappa shape index (κ1) is 17.2. The van der Waals surface area contributed by atoms with Crippen molar-refractivity contribution in [2.75, 3.05) is 32.7 Å². The van der Waals surface area contributed by atoms with E-state index < -0.39 is 0 Å². The zero-order valence-corrected chi connectivity index (χ0v) is 15.0. The summed E-state index contributed by atoms with van der Waals surface area (Å²) in [5, 5.41) is 0. The second-order valence-electron chi connectivity index (χ2n) is 8.56. The second-order valence-corrected chi connectivity index (χ2v) is 8.56. The molecule has 0 aromatic rings. The summed E-state index contributed by atoms with van der Waals surface area (Å²) in [6.45, 7) is 17.6. The van der Waals surface area contributed by atoms with E-state index in [0.29, 0.717) is 5.41 Å². The molecule has 3 nitrogen and oxygen atoms in total. The second kappa shape index (κ2) is 6.55. The maximum absolute atomic E-state index is 6.32. The molecule has 0 aromatic heterocycles. The lowest BCUT2D eigenvalue weighted by molar-refractivity contribution is -0.0406. The first-order chi connectivity index (χ1) is 9.82. The molecule has 1 saturated heterocycles. The van der Waals surface area contributed by atoms with Crippen LogP contribution >= 0.6 is 0 Å². The Morgan fingerprint density at radius 3 is 2.24 bits per heavy atom. The van der Waals surface area contributed by atoms with E-state index in [2.05, 4.69) is 44.4 Å². The maximum Gasteiger partial charge on any atom is 0.0340 e. The Hall–Kier alpha value is -0.120. The van der Waals surface area contributed by atoms with Crippen LogP contribution in [0.4, 0.5) is 0 Å². The molecule has 3 atom stereocenters. The monoisotopic (exact) mass is 295 g/mol. The lowest BCUT2D eigenvalue weighted by Crippen LogP contribution is -2.64. The molecule has 21 heavy (non-hydrogen) atoms. The van der Waals surface area contributed by atoms with Crippen LogP contribution in [-0.4, -0.2) is 54.1 Å². The number of rotatable bonds is 4. The number of hydrogen-bond donors (Lipinski definition) is 1. The minimum atomic E-state index is 0.253. The molecule has 1 heterocycles. The Kier molecular flexibility index (Phi) is 5.38. The average molecular weight is 296 g/mol. The van der Waals surface area contributed by atoms with Gasteiger partial charge in [-0.05, 0) is 43.9 Å². The number of hydrogen-bond acceptors (Lipinski definition) is 3. The van der Waals surface area contributed by atoms with E-state index in [0.717, 1.165) is 18.5 Å². The standard InChI is InChI=1S/C18H37N3/c1-6-16(3)20-7-9-21(10-8-20)18(14-19)12-15(2)11-17(4,5)13-18/h15-16H,6-14,19H2,1-5H3. The van der Waals surface area contributed by atoms with E-state index in [1.54, 1.807) is 0 Å². The Balaban J connectivity index is 2.05. The summed E-state index contributed by atoms with van der Waals surface area (Å²) in [5.74, 6) is 0.796. The first-order valence-electron chi connectivity index (χ1n) is 9.01. The highest BCUT2D eigenvalue weighted by Gasteiger charge is 2.46. The highest BCUT2D eigenvalue weighted by molar-refractivity contribution is 5.02. The van der Waals surface area contributed by atoms with Crippen molar-refractivity contribution in [3.8, 4) is 0 Å². The molecule has 124 valence electrons. The molecule has 3 unspecified atom stereocenters. The number of nitrogens with two attached hydrogens (primary N) is 1. The largest absolute Gasteiger partial charge is 0.329 e. The third kappa shape index (κ3) is 3.80. The quantitative estimate of drug-likeness (QED) is 0.865. The molecule has 1 saturated carbocycles. The molecule has 1 aliphatic heterocycles. The third-order valence-electron chi connectivity index (χ3n) is 6.02. The first-order valence-corrected chi connectivity index (χ1v) is 9.01. The molecular weight excluding hydrogens is 258 g/mol. The van der Waals surface area contributed by atoms with Crippen molar-refractivity contribution in [2.45, 2.75) is 71.9 Å². The van der Waals surface area contributed by atoms with Gasteiger partial charge in [0, 0.05) is 44.3 Å². The number of piperazine rings is 1. The average Bonchev–Trinajstić information content (AvgIpc) is 2.44. The molecule has 1 aliphatic carbocycles. The van der Waals surface area contributed by atoms with Gasteiger partial charge in [-0.1, -0.05) is 27.7 Å². The van der Waals surface area contributed by atoms with Crippen molar-refractivity contribution in [1.82, 2.24) is 9.80 Å². The lowest BCUT2D eigenvalue weighted by Gasteiger charge is -2.55. The normalized spacial score (nSPS) is 36.6. The van der Waals surface area contributed by atoms with Crippen LogP contribution < -0.4 is 5.73 Å². The van der Waals surface area contributed by atoms with Crippen molar-refractivity contribution >= 4 is 0 Å². The summed E-state index contributed by atoms with van der Waals surface area (Å²) in [6.07, 6.45) is 5.16. The van der Waals surface area contributed by atoms with E-state index in [1.165, 1.54) is 51.9 Å². The van der Waals surface area contributed by atoms with E-state index in [9.17, 15) is 0 Å². The summed E-state index contributed by atoms with van der Waals surface area (Å²) < 4.78 is 0. The SMILES string of the molecule is CCC(C)N1CCN(C2(CN)CC(C)CC(C)(C)C2)CC1. The zero-order chi connectivity index (χ0) is 15.7. The molecule has 2 N–H and O–H groups in total. The van der Waals surface area contributed by atoms with Gasteiger partial charge >= 0.3 is 0 Å². The molecule has 2 fully saturated rings. The molecule has 0 aromatic carbocycles. The zero-order valence-electron chi connectivity index (χ0n) is 15.0. The highest BCUT2D eigenvalue weighted by Crippen LogP contribution is 2.46. The van der Waals surface area contributed by atoms with Crippen LogP contribution in [0, 0.1) is 11.3 Å². The molecule has 0 radical (unpaired) electrons. The third-order valence-corrected chi connectivity index (χ3v) is 6.02. The van der Waals surface area contributed by atoms with Gasteiger partial charge in [0.15, 0.2) is 0 Å². The van der Waals surface area contributed by atoms with Gasteiger partial charge in [-0.3, -0.25) is 9.80 Å². The molecule has 2 aliphatic rings. The fraction of sp³-hybridized carbons (Fsp3) is 1.00. The van der Waals surface area contributed by atoms with Crippen LogP contribution in [0.3, 0.4) is 0 Å². The van der Waals surface area contributed by atoms with Crippen molar-refractivity contribution in [1.29, 1.82) is 0 Å². The van der Waals surface area contributed by atoms with Crippen LogP contribution in [-0.2, 0) is 0 Å². The smallest absolute Gasteiger partial charge is 0.0340 e. The summed E-state index contributed by atoms with van der Waals surface area (Å²) in [4.78, 5) is 5.39. The summed E-state index contributed by atoms with van der Waals surface area (Å²) in [5.41, 5.74) is 7.01. The minimum absolute atomic E-state index is 0.253. The maximum atomic E-state index is 6.32. The summed E-state index contributed by atoms with van der Waals surface area (Å²) >= 11 is 0. The van der Waals surface area contributed by atoms with Crippen LogP contribution in [0.15, 0.2) is 0 Å². The van der Waals surface area contributed by atoms with Crippen molar-refractivity contribution in [2.24, 2.45) is 17.1 Å². The van der Waals surface area contributed by atoms with E-state index in [1.807, 2.05) is 0 Å². The number of nitrogens with zero attached hydrogens (tertiary/aromatic N) is 2. The fourth-order valence-corrected chi connectivity index (χ4v) is 5.12. The molecular formula is C18H37N3. The van der Waals surface area contributed by atoms with Gasteiger partial charge in [-0.2, -0.15) is 0 Å². The van der Waals surface area contributed by atoms with Crippen LogP contribution in [0.2, 0.25) is 0 Å². The van der Waals surface area contributed by atoms with Crippen LogP contribution in [0.1, 0.15) is 60.3 Å². The molecule has 0 bridgehead atoms. The van der Waals surface area contributed by atoms with Gasteiger partial charge in [0.25, 0.3) is 0 Å². The predicted octanol–water partition coefficient (Wildman–Crippen LogP) is 2.95. The van der Waals surface area contributed by atoms with Gasteiger partial charge in [0.2, 0.25) is 0 Å². The highest BCUT2D eigenvalue weighted by atomic mass is 15.3. The fourth-order valence-electron chi connectivity index (χ4n) is 5.12. The molecule has 2 rings (SSSR count). The van der Waals surface area contributed by atoms with Crippen molar-refractivity contribution in [3.63, 3.8) is 0 Å². The molecule has 0 amide bonds. The Morgan fingerprint density at radius 2 is 1.76 bits per heavy atom. The molecule has 3 heteroatoms. The van der Waals surface area contributed by atoms with Crippen molar-refractivity contribution < 1.29 is 0 Å². The summed E-state index contributed by atoms with van der Waals surface area (Å²) in [7, 11) is 0. The van der Waals surface area contributed by atoms with Crippen molar-refractivity contribution in [3.05, 3.63) is 0 Å². The van der Waals surface area contributed by atoms with E-state index >= 15 is 0 Å². The van der Waals surface area contributed by atoms with Crippen LogP contribution in [0.25, 0.3) is 0 Å². The van der Waals surface area contributed by atoms with Gasteiger partial charge < -0.3 is 5.73 Å². The van der Waals surface area contributed by atoms with Gasteiger partial charge in [0.05, 0.1) is 0 Å². The minimum Gasteiger partial charge on any atom is -0.329 e. The molecule has 0 spiro atoms. The van der Waals surface area contributed by atoms with E-state index in [4.69, 9.17) is 5.73 Å². The van der Waals surface area contributed by atoms with Gasteiger partial charge in [0.1, 0.15) is 0 Å². The predicted molar refractivity (Wildman–Crippen MR) is 91.5 cm³/mol. The van der Waals surface area contributed by atoms with Crippen LogP contribution in [0.5, 0.6) is 0 Å². The van der Waals surface area contributed by atoms with Gasteiger partial charge in [-0.15, -0.1) is 0 Å². The Bertz CT molecular complexity index is 333. The Morgan fingerprint density at radius 1 is 1.14 bits per heavy atom. The summed E-state index contributed by atoms with van der Waals surface area (Å²) in [6, 6.07) is 0.725. The Labute approximate surface area is 132 Å². The topological polar surface area (TPSA) is 32.5 Å². The van der Waals surface area contributed by atoms with Gasteiger partial charge in [-0.25, -0.2) is 0 Å².